The molecule has 0 aliphatic carbocycles. The lowest BCUT2D eigenvalue weighted by Gasteiger charge is -2.12. The first-order valence-corrected chi connectivity index (χ1v) is 9.05. The van der Waals surface area contributed by atoms with Gasteiger partial charge in [0.15, 0.2) is 0 Å². The number of fused-ring (bicyclic) bond motifs is 1. The molecule has 4 rings (SSSR count). The van der Waals surface area contributed by atoms with Crippen LogP contribution in [0.1, 0.15) is 23.6 Å². The molecule has 0 radical (unpaired) electrons. The van der Waals surface area contributed by atoms with E-state index in [4.69, 9.17) is 0 Å². The van der Waals surface area contributed by atoms with Gasteiger partial charge >= 0.3 is 0 Å². The molecular weight excluding hydrogens is 354 g/mol. The normalized spacial score (nSPS) is 11.2. The molecule has 0 atom stereocenters. The first kappa shape index (κ1) is 18.1. The van der Waals surface area contributed by atoms with Crippen LogP contribution in [0.4, 0.5) is 8.78 Å². The Morgan fingerprint density at radius 1 is 1.04 bits per heavy atom. The summed E-state index contributed by atoms with van der Waals surface area (Å²) in [5.41, 5.74) is 6.40. The third-order valence-corrected chi connectivity index (χ3v) is 4.94. The van der Waals surface area contributed by atoms with Crippen molar-refractivity contribution < 1.29 is 8.78 Å². The van der Waals surface area contributed by atoms with E-state index in [0.29, 0.717) is 11.1 Å². The molecule has 2 aromatic carbocycles. The van der Waals surface area contributed by atoms with Crippen molar-refractivity contribution in [1.29, 1.82) is 0 Å². The molecule has 2 aromatic heterocycles. The van der Waals surface area contributed by atoms with Crippen molar-refractivity contribution in [3.05, 3.63) is 89.8 Å². The van der Waals surface area contributed by atoms with Crippen LogP contribution in [0.3, 0.4) is 0 Å². The molecule has 2 nitrogen and oxygen atoms in total. The molecular formula is C24H20F2N2. The SMILES string of the molecule is C=C(C)c1cc(C)c(-n2cc(-c3ccc(F)cc3)c3cc(C)cnc32)cc1F. The molecule has 0 fully saturated rings. The second kappa shape index (κ2) is 6.71. The number of allylic oxidation sites excluding steroid dienone is 1. The second-order valence-corrected chi connectivity index (χ2v) is 7.20. The van der Waals surface area contributed by atoms with Crippen LogP contribution in [-0.4, -0.2) is 9.55 Å². The number of pyridine rings is 1. The predicted octanol–water partition coefficient (Wildman–Crippen LogP) is 6.62. The maximum Gasteiger partial charge on any atom is 0.145 e. The average Bonchev–Trinajstić information content (AvgIpc) is 3.02. The summed E-state index contributed by atoms with van der Waals surface area (Å²) in [6.07, 6.45) is 3.73. The number of nitrogens with zero attached hydrogens (tertiary/aromatic N) is 2. The predicted molar refractivity (Wildman–Crippen MR) is 111 cm³/mol. The summed E-state index contributed by atoms with van der Waals surface area (Å²) in [5, 5.41) is 0.940. The van der Waals surface area contributed by atoms with E-state index in [1.165, 1.54) is 18.2 Å². The van der Waals surface area contributed by atoms with E-state index in [0.717, 1.165) is 39.0 Å². The first-order valence-electron chi connectivity index (χ1n) is 9.05. The topological polar surface area (TPSA) is 17.8 Å². The third-order valence-electron chi connectivity index (χ3n) is 4.94. The minimum absolute atomic E-state index is 0.282. The molecule has 0 saturated carbocycles. The van der Waals surface area contributed by atoms with Gasteiger partial charge < -0.3 is 4.57 Å². The van der Waals surface area contributed by atoms with Crippen LogP contribution in [0, 0.1) is 25.5 Å². The van der Waals surface area contributed by atoms with E-state index in [1.54, 1.807) is 25.3 Å². The first-order chi connectivity index (χ1) is 13.3. The van der Waals surface area contributed by atoms with Crippen LogP contribution < -0.4 is 0 Å². The lowest BCUT2D eigenvalue weighted by atomic mass is 10.0. The smallest absolute Gasteiger partial charge is 0.145 e. The minimum atomic E-state index is -0.314. The van der Waals surface area contributed by atoms with Gasteiger partial charge in [-0.2, -0.15) is 0 Å². The van der Waals surface area contributed by atoms with Gasteiger partial charge in [0.1, 0.15) is 17.3 Å². The van der Waals surface area contributed by atoms with E-state index in [-0.39, 0.29) is 11.6 Å². The fourth-order valence-corrected chi connectivity index (χ4v) is 3.51. The number of rotatable bonds is 3. The molecule has 2 heterocycles. The monoisotopic (exact) mass is 374 g/mol. The Hall–Kier alpha value is -3.27. The molecule has 0 saturated heterocycles. The van der Waals surface area contributed by atoms with Gasteiger partial charge in [-0.05, 0) is 73.4 Å². The Bertz CT molecular complexity index is 1220. The van der Waals surface area contributed by atoms with E-state index >= 15 is 0 Å². The Morgan fingerprint density at radius 3 is 2.43 bits per heavy atom. The molecule has 4 aromatic rings. The second-order valence-electron chi connectivity index (χ2n) is 7.20. The summed E-state index contributed by atoms with van der Waals surface area (Å²) in [5.74, 6) is -0.597. The van der Waals surface area contributed by atoms with Crippen molar-refractivity contribution in [3.63, 3.8) is 0 Å². The molecule has 0 aliphatic rings. The standard InChI is InChI=1S/C24H20F2N2/c1-14(2)19-10-16(4)23(11-22(19)26)28-13-21(17-5-7-18(25)8-6-17)20-9-15(3)12-27-24(20)28/h5-13H,1H2,2-4H3. The van der Waals surface area contributed by atoms with Crippen molar-refractivity contribution in [2.75, 3.05) is 0 Å². The van der Waals surface area contributed by atoms with E-state index in [9.17, 15) is 8.78 Å². The van der Waals surface area contributed by atoms with Crippen molar-refractivity contribution in [2.24, 2.45) is 0 Å². The molecule has 0 aliphatic heterocycles. The number of halogens is 2. The molecule has 28 heavy (non-hydrogen) atoms. The Labute approximate surface area is 162 Å². The number of hydrogen-bond acceptors (Lipinski definition) is 1. The van der Waals surface area contributed by atoms with Crippen LogP contribution >= 0.6 is 0 Å². The van der Waals surface area contributed by atoms with Crippen LogP contribution in [0.25, 0.3) is 33.4 Å². The highest BCUT2D eigenvalue weighted by molar-refractivity contribution is 5.95. The highest BCUT2D eigenvalue weighted by Crippen LogP contribution is 2.34. The molecule has 0 bridgehead atoms. The maximum atomic E-state index is 14.7. The molecule has 140 valence electrons. The maximum absolute atomic E-state index is 14.7. The summed E-state index contributed by atoms with van der Waals surface area (Å²) in [4.78, 5) is 4.60. The fraction of sp³-hybridized carbons (Fsp3) is 0.125. The summed E-state index contributed by atoms with van der Waals surface area (Å²) < 4.78 is 30.0. The van der Waals surface area contributed by atoms with E-state index in [1.807, 2.05) is 36.7 Å². The number of benzene rings is 2. The lowest BCUT2D eigenvalue weighted by Crippen LogP contribution is -2.00. The van der Waals surface area contributed by atoms with Crippen LogP contribution in [-0.2, 0) is 0 Å². The summed E-state index contributed by atoms with van der Waals surface area (Å²) in [7, 11) is 0. The minimum Gasteiger partial charge on any atom is -0.300 e. The zero-order valence-electron chi connectivity index (χ0n) is 16.1. The number of hydrogen-bond donors (Lipinski definition) is 0. The van der Waals surface area contributed by atoms with Gasteiger partial charge in [-0.25, -0.2) is 13.8 Å². The highest BCUT2D eigenvalue weighted by Gasteiger charge is 2.16. The highest BCUT2D eigenvalue weighted by atomic mass is 19.1. The zero-order chi connectivity index (χ0) is 20.0. The molecule has 0 unspecified atom stereocenters. The summed E-state index contributed by atoms with van der Waals surface area (Å²) in [6, 6.07) is 11.7. The van der Waals surface area contributed by atoms with Crippen molar-refractivity contribution in [2.45, 2.75) is 20.8 Å². The molecule has 0 spiro atoms. The number of aryl methyl sites for hydroxylation is 2. The lowest BCUT2D eigenvalue weighted by molar-refractivity contribution is 0.622. The van der Waals surface area contributed by atoms with E-state index in [2.05, 4.69) is 11.6 Å². The molecule has 0 amide bonds. The zero-order valence-corrected chi connectivity index (χ0v) is 16.1. The molecule has 0 N–H and O–H groups in total. The van der Waals surface area contributed by atoms with Crippen LogP contribution in [0.2, 0.25) is 0 Å². The summed E-state index contributed by atoms with van der Waals surface area (Å²) in [6.45, 7) is 9.56. The van der Waals surface area contributed by atoms with Gasteiger partial charge in [-0.1, -0.05) is 18.7 Å². The Balaban J connectivity index is 2.00. The Kier molecular flexibility index (Phi) is 4.34. The van der Waals surface area contributed by atoms with Gasteiger partial charge in [0, 0.05) is 28.9 Å². The summed E-state index contributed by atoms with van der Waals surface area (Å²) >= 11 is 0. The van der Waals surface area contributed by atoms with Crippen molar-refractivity contribution in [1.82, 2.24) is 9.55 Å². The number of aromatic nitrogens is 2. The van der Waals surface area contributed by atoms with Crippen molar-refractivity contribution >= 4 is 16.6 Å². The van der Waals surface area contributed by atoms with Gasteiger partial charge in [0.25, 0.3) is 0 Å². The van der Waals surface area contributed by atoms with Gasteiger partial charge in [0.2, 0.25) is 0 Å². The quantitative estimate of drug-likeness (QED) is 0.394. The fourth-order valence-electron chi connectivity index (χ4n) is 3.51. The average molecular weight is 374 g/mol. The van der Waals surface area contributed by atoms with Crippen molar-refractivity contribution in [3.8, 4) is 16.8 Å². The Morgan fingerprint density at radius 2 is 1.75 bits per heavy atom. The van der Waals surface area contributed by atoms with E-state index < -0.39 is 0 Å². The van der Waals surface area contributed by atoms with Gasteiger partial charge in [0.05, 0.1) is 5.69 Å². The van der Waals surface area contributed by atoms with Crippen LogP contribution in [0.5, 0.6) is 0 Å². The largest absolute Gasteiger partial charge is 0.300 e. The van der Waals surface area contributed by atoms with Gasteiger partial charge in [-0.3, -0.25) is 0 Å². The molecule has 4 heteroatoms. The van der Waals surface area contributed by atoms with Crippen LogP contribution in [0.15, 0.2) is 61.4 Å². The third kappa shape index (κ3) is 3.01. The van der Waals surface area contributed by atoms with Gasteiger partial charge in [-0.15, -0.1) is 0 Å².